The fourth-order valence-electron chi connectivity index (χ4n) is 2.29. The molecule has 0 saturated heterocycles. The number of anilines is 1. The summed E-state index contributed by atoms with van der Waals surface area (Å²) in [4.78, 5) is 0. The van der Waals surface area contributed by atoms with Gasteiger partial charge in [0.05, 0.1) is 5.02 Å². The predicted octanol–water partition coefficient (Wildman–Crippen LogP) is 5.66. The summed E-state index contributed by atoms with van der Waals surface area (Å²) in [5.41, 5.74) is 2.24. The molecule has 5 heteroatoms. The molecular weight excluding hydrogens is 392 g/mol. The van der Waals surface area contributed by atoms with Crippen molar-refractivity contribution in [3.63, 3.8) is 0 Å². The number of benzene rings is 2. The van der Waals surface area contributed by atoms with E-state index in [1.165, 1.54) is 5.56 Å². The highest BCUT2D eigenvalue weighted by Gasteiger charge is 2.08. The smallest absolute Gasteiger partial charge is 0.170 e. The number of nitrogens with one attached hydrogen (secondary N) is 2. The van der Waals surface area contributed by atoms with Crippen molar-refractivity contribution in [1.29, 1.82) is 0 Å². The lowest BCUT2D eigenvalue weighted by Gasteiger charge is -2.18. The number of halogens is 2. The molecule has 1 atom stereocenters. The van der Waals surface area contributed by atoms with Crippen molar-refractivity contribution in [1.82, 2.24) is 5.32 Å². The molecule has 0 amide bonds. The predicted molar refractivity (Wildman–Crippen MR) is 107 cm³/mol. The number of hydrogen-bond acceptors (Lipinski definition) is 1. The first-order valence-corrected chi connectivity index (χ1v) is 9.20. The average molecular weight is 412 g/mol. The second-order valence-corrected chi connectivity index (χ2v) is 7.10. The van der Waals surface area contributed by atoms with Crippen molar-refractivity contribution in [2.45, 2.75) is 19.8 Å². The van der Waals surface area contributed by atoms with Gasteiger partial charge in [-0.3, -0.25) is 0 Å². The van der Waals surface area contributed by atoms with Gasteiger partial charge in [0.15, 0.2) is 5.11 Å². The van der Waals surface area contributed by atoms with Crippen molar-refractivity contribution in [2.75, 3.05) is 11.9 Å². The van der Waals surface area contributed by atoms with Gasteiger partial charge in [0.2, 0.25) is 0 Å². The third kappa shape index (κ3) is 6.13. The molecule has 0 aliphatic heterocycles. The minimum absolute atomic E-state index is 0.547. The van der Waals surface area contributed by atoms with Crippen LogP contribution in [0.4, 0.5) is 5.69 Å². The Labute approximate surface area is 156 Å². The Morgan fingerprint density at radius 1 is 1.22 bits per heavy atom. The van der Waals surface area contributed by atoms with E-state index in [2.05, 4.69) is 57.8 Å². The Hall–Kier alpha value is -1.10. The molecular formula is C18H20BrClN2S. The van der Waals surface area contributed by atoms with Gasteiger partial charge in [0.25, 0.3) is 0 Å². The molecule has 0 aliphatic rings. The van der Waals surface area contributed by atoms with Gasteiger partial charge in [0, 0.05) is 16.7 Å². The lowest BCUT2D eigenvalue weighted by atomic mass is 9.97. The minimum Gasteiger partial charge on any atom is -0.362 e. The van der Waals surface area contributed by atoms with Gasteiger partial charge < -0.3 is 10.6 Å². The summed E-state index contributed by atoms with van der Waals surface area (Å²) in [7, 11) is 0. The molecule has 2 nitrogen and oxygen atoms in total. The van der Waals surface area contributed by atoms with E-state index in [1.54, 1.807) is 0 Å². The molecule has 0 bridgehead atoms. The Bertz CT molecular complexity index is 649. The molecule has 2 aromatic rings. The Morgan fingerprint density at radius 2 is 1.96 bits per heavy atom. The highest BCUT2D eigenvalue weighted by molar-refractivity contribution is 9.10. The second-order valence-electron chi connectivity index (χ2n) is 5.43. The summed E-state index contributed by atoms with van der Waals surface area (Å²) in [5, 5.41) is 7.75. The fraction of sp³-hybridized carbons (Fsp3) is 0.278. The number of rotatable bonds is 6. The molecule has 0 fully saturated rings. The van der Waals surface area contributed by atoms with Crippen molar-refractivity contribution in [3.8, 4) is 0 Å². The molecule has 2 aromatic carbocycles. The molecule has 0 aliphatic carbocycles. The van der Waals surface area contributed by atoms with E-state index in [0.29, 0.717) is 16.1 Å². The van der Waals surface area contributed by atoms with Gasteiger partial charge >= 0.3 is 0 Å². The van der Waals surface area contributed by atoms with Crippen LogP contribution in [0.5, 0.6) is 0 Å². The van der Waals surface area contributed by atoms with Crippen LogP contribution in [0.15, 0.2) is 53.0 Å². The first-order chi connectivity index (χ1) is 11.1. The molecule has 0 heterocycles. The summed E-state index contributed by atoms with van der Waals surface area (Å²) < 4.78 is 0.873. The number of hydrogen-bond donors (Lipinski definition) is 2. The van der Waals surface area contributed by atoms with E-state index in [1.807, 2.05) is 24.3 Å². The zero-order valence-electron chi connectivity index (χ0n) is 13.0. The van der Waals surface area contributed by atoms with Gasteiger partial charge in [-0.2, -0.15) is 0 Å². The highest BCUT2D eigenvalue weighted by atomic mass is 79.9. The third-order valence-electron chi connectivity index (χ3n) is 3.67. The van der Waals surface area contributed by atoms with E-state index < -0.39 is 0 Å². The minimum atomic E-state index is 0.547. The molecule has 0 radical (unpaired) electrons. The van der Waals surface area contributed by atoms with E-state index in [0.717, 1.165) is 29.5 Å². The average Bonchev–Trinajstić information content (AvgIpc) is 2.56. The quantitative estimate of drug-likeness (QED) is 0.600. The normalized spacial score (nSPS) is 11.8. The van der Waals surface area contributed by atoms with Crippen LogP contribution in [0.3, 0.4) is 0 Å². The Balaban J connectivity index is 1.83. The first kappa shape index (κ1) is 18.2. The lowest BCUT2D eigenvalue weighted by molar-refractivity contribution is 0.498. The second kappa shape index (κ2) is 9.26. The fourth-order valence-corrected chi connectivity index (χ4v) is 2.92. The van der Waals surface area contributed by atoms with Crippen LogP contribution in [0.1, 0.15) is 18.9 Å². The molecule has 2 N–H and O–H groups in total. The SMILES string of the molecule is CCC(CNC(=S)Nc1ccc(Br)c(Cl)c1)Cc1ccccc1. The van der Waals surface area contributed by atoms with Crippen molar-refractivity contribution in [2.24, 2.45) is 5.92 Å². The zero-order chi connectivity index (χ0) is 16.7. The largest absolute Gasteiger partial charge is 0.362 e. The summed E-state index contributed by atoms with van der Waals surface area (Å²) in [6, 6.07) is 16.2. The van der Waals surface area contributed by atoms with Crippen LogP contribution >= 0.6 is 39.7 Å². The van der Waals surface area contributed by atoms with Crippen LogP contribution in [-0.2, 0) is 6.42 Å². The van der Waals surface area contributed by atoms with E-state index in [4.69, 9.17) is 23.8 Å². The Kier molecular flexibility index (Phi) is 7.34. The van der Waals surface area contributed by atoms with Crippen LogP contribution < -0.4 is 10.6 Å². The van der Waals surface area contributed by atoms with Gasteiger partial charge in [-0.05, 0) is 64.2 Å². The molecule has 0 saturated carbocycles. The summed E-state index contributed by atoms with van der Waals surface area (Å²) in [5.74, 6) is 0.547. The molecule has 23 heavy (non-hydrogen) atoms. The van der Waals surface area contributed by atoms with E-state index in [-0.39, 0.29) is 0 Å². The summed E-state index contributed by atoms with van der Waals surface area (Å²) >= 11 is 14.8. The third-order valence-corrected chi connectivity index (χ3v) is 5.15. The Morgan fingerprint density at radius 3 is 2.61 bits per heavy atom. The standard InChI is InChI=1S/C18H20BrClN2S/c1-2-13(10-14-6-4-3-5-7-14)12-21-18(23)22-15-8-9-16(19)17(20)11-15/h3-9,11,13H,2,10,12H2,1H3,(H2,21,22,23). The van der Waals surface area contributed by atoms with Crippen molar-refractivity contribution >= 4 is 50.5 Å². The van der Waals surface area contributed by atoms with Crippen LogP contribution in [0.2, 0.25) is 5.02 Å². The molecule has 122 valence electrons. The molecule has 0 spiro atoms. The van der Waals surface area contributed by atoms with Crippen molar-refractivity contribution < 1.29 is 0 Å². The lowest BCUT2D eigenvalue weighted by Crippen LogP contribution is -2.33. The van der Waals surface area contributed by atoms with Crippen LogP contribution in [-0.4, -0.2) is 11.7 Å². The molecule has 0 aromatic heterocycles. The van der Waals surface area contributed by atoms with Crippen LogP contribution in [0, 0.1) is 5.92 Å². The van der Waals surface area contributed by atoms with Gasteiger partial charge in [0.1, 0.15) is 0 Å². The van der Waals surface area contributed by atoms with Crippen LogP contribution in [0.25, 0.3) is 0 Å². The monoisotopic (exact) mass is 410 g/mol. The maximum atomic E-state index is 6.09. The van der Waals surface area contributed by atoms with E-state index in [9.17, 15) is 0 Å². The van der Waals surface area contributed by atoms with Gasteiger partial charge in [-0.15, -0.1) is 0 Å². The van der Waals surface area contributed by atoms with E-state index >= 15 is 0 Å². The maximum absolute atomic E-state index is 6.09. The zero-order valence-corrected chi connectivity index (χ0v) is 16.1. The first-order valence-electron chi connectivity index (χ1n) is 7.62. The highest BCUT2D eigenvalue weighted by Crippen LogP contribution is 2.25. The van der Waals surface area contributed by atoms with Crippen molar-refractivity contribution in [3.05, 3.63) is 63.6 Å². The van der Waals surface area contributed by atoms with Gasteiger partial charge in [-0.25, -0.2) is 0 Å². The summed E-state index contributed by atoms with van der Waals surface area (Å²) in [6.45, 7) is 3.06. The molecule has 1 unspecified atom stereocenters. The topological polar surface area (TPSA) is 24.1 Å². The maximum Gasteiger partial charge on any atom is 0.170 e. The van der Waals surface area contributed by atoms with Gasteiger partial charge in [-0.1, -0.05) is 55.3 Å². The molecule has 2 rings (SSSR count). The number of thiocarbonyl (C=S) groups is 1. The summed E-state index contributed by atoms with van der Waals surface area (Å²) in [6.07, 6.45) is 2.16.